The number of carbonyl (C=O) groups is 1. The van der Waals surface area contributed by atoms with Crippen LogP contribution in [0.25, 0.3) is 0 Å². The number of piperidine rings is 1. The predicted octanol–water partition coefficient (Wildman–Crippen LogP) is 0.600. The molecule has 3 atom stereocenters. The van der Waals surface area contributed by atoms with E-state index in [2.05, 4.69) is 22.2 Å². The third-order valence-electron chi connectivity index (χ3n) is 5.85. The molecule has 0 aromatic carbocycles. The van der Waals surface area contributed by atoms with Crippen molar-refractivity contribution in [3.05, 3.63) is 18.0 Å². The highest BCUT2D eigenvalue weighted by molar-refractivity contribution is 5.92. The van der Waals surface area contributed by atoms with Crippen molar-refractivity contribution in [1.29, 1.82) is 0 Å². The molecule has 3 saturated heterocycles. The number of likely N-dealkylation sites (tertiary alicyclic amines) is 1. The predicted molar refractivity (Wildman–Crippen MR) is 94.6 cm³/mol. The van der Waals surface area contributed by atoms with E-state index >= 15 is 0 Å². The van der Waals surface area contributed by atoms with Crippen LogP contribution in [0, 0.1) is 5.92 Å². The van der Waals surface area contributed by atoms with Gasteiger partial charge in [-0.1, -0.05) is 6.92 Å². The number of carbonyl (C=O) groups excluding carboxylic acids is 1. The van der Waals surface area contributed by atoms with Crippen LogP contribution in [0.15, 0.2) is 12.3 Å². The van der Waals surface area contributed by atoms with Crippen molar-refractivity contribution in [3.8, 4) is 0 Å². The minimum Gasteiger partial charge on any atom is -0.379 e. The lowest BCUT2D eigenvalue weighted by Crippen LogP contribution is -2.47. The maximum Gasteiger partial charge on any atom is 0.274 e. The lowest BCUT2D eigenvalue weighted by atomic mass is 10.0. The Balaban J connectivity index is 1.40. The number of aromatic nitrogens is 2. The lowest BCUT2D eigenvalue weighted by Gasteiger charge is -2.33. The van der Waals surface area contributed by atoms with Crippen molar-refractivity contribution in [2.24, 2.45) is 5.92 Å². The number of rotatable bonds is 3. The van der Waals surface area contributed by atoms with Crippen molar-refractivity contribution in [2.45, 2.75) is 31.8 Å². The number of amides is 1. The van der Waals surface area contributed by atoms with Crippen LogP contribution in [0.1, 0.15) is 36.3 Å². The molecule has 3 fully saturated rings. The number of nitrogens with one attached hydrogen (secondary N) is 1. The summed E-state index contributed by atoms with van der Waals surface area (Å²) in [4.78, 5) is 17.4. The van der Waals surface area contributed by atoms with Gasteiger partial charge in [0.05, 0.1) is 19.3 Å². The number of nitrogens with zero attached hydrogens (tertiary/aromatic N) is 4. The number of hydrogen-bond donors (Lipinski definition) is 1. The van der Waals surface area contributed by atoms with E-state index in [4.69, 9.17) is 4.74 Å². The second-order valence-corrected chi connectivity index (χ2v) is 7.58. The van der Waals surface area contributed by atoms with Gasteiger partial charge in [-0.25, -0.2) is 0 Å². The molecule has 7 nitrogen and oxygen atoms in total. The minimum atomic E-state index is 0.0742. The summed E-state index contributed by atoms with van der Waals surface area (Å²) in [6.45, 7) is 9.44. The Hall–Kier alpha value is -1.44. The summed E-state index contributed by atoms with van der Waals surface area (Å²) in [5, 5.41) is 8.00. The van der Waals surface area contributed by atoms with Gasteiger partial charge in [0.25, 0.3) is 5.91 Å². The van der Waals surface area contributed by atoms with Gasteiger partial charge in [-0.15, -0.1) is 0 Å². The summed E-state index contributed by atoms with van der Waals surface area (Å²) < 4.78 is 7.43. The zero-order valence-electron chi connectivity index (χ0n) is 15.1. The smallest absolute Gasteiger partial charge is 0.274 e. The van der Waals surface area contributed by atoms with Gasteiger partial charge < -0.3 is 15.0 Å². The highest BCUT2D eigenvalue weighted by Crippen LogP contribution is 2.24. The van der Waals surface area contributed by atoms with Gasteiger partial charge in [0, 0.05) is 45.0 Å². The molecule has 1 amide bonds. The Morgan fingerprint density at radius 3 is 2.92 bits per heavy atom. The molecule has 1 aromatic heterocycles. The first-order valence-electron chi connectivity index (χ1n) is 9.59. The highest BCUT2D eigenvalue weighted by Gasteiger charge is 2.37. The van der Waals surface area contributed by atoms with E-state index in [1.165, 1.54) is 6.42 Å². The second-order valence-electron chi connectivity index (χ2n) is 7.58. The summed E-state index contributed by atoms with van der Waals surface area (Å²) >= 11 is 0. The molecule has 0 spiro atoms. The first-order valence-corrected chi connectivity index (χ1v) is 9.59. The van der Waals surface area contributed by atoms with E-state index in [0.29, 0.717) is 23.7 Å². The Morgan fingerprint density at radius 2 is 2.16 bits per heavy atom. The molecule has 0 saturated carbocycles. The summed E-state index contributed by atoms with van der Waals surface area (Å²) in [6, 6.07) is 2.69. The Morgan fingerprint density at radius 1 is 1.32 bits per heavy atom. The molecule has 1 aromatic rings. The quantitative estimate of drug-likeness (QED) is 0.868. The molecular weight excluding hydrogens is 318 g/mol. The second kappa shape index (κ2) is 7.43. The zero-order chi connectivity index (χ0) is 17.2. The van der Waals surface area contributed by atoms with Crippen LogP contribution in [0.5, 0.6) is 0 Å². The monoisotopic (exact) mass is 347 g/mol. The van der Waals surface area contributed by atoms with Gasteiger partial charge >= 0.3 is 0 Å². The fraction of sp³-hybridized carbons (Fsp3) is 0.778. The van der Waals surface area contributed by atoms with Crippen LogP contribution in [0.2, 0.25) is 0 Å². The normalized spacial score (nSPS) is 31.4. The van der Waals surface area contributed by atoms with Crippen molar-refractivity contribution >= 4 is 5.91 Å². The third kappa shape index (κ3) is 3.59. The molecule has 3 aliphatic heterocycles. The topological polar surface area (TPSA) is 62.6 Å². The first kappa shape index (κ1) is 17.0. The molecule has 0 bridgehead atoms. The Kier molecular flexibility index (Phi) is 5.05. The van der Waals surface area contributed by atoms with Gasteiger partial charge in [-0.05, 0) is 31.4 Å². The van der Waals surface area contributed by atoms with E-state index in [9.17, 15) is 4.79 Å². The molecule has 0 radical (unpaired) electrons. The van der Waals surface area contributed by atoms with Gasteiger partial charge in [0.2, 0.25) is 0 Å². The van der Waals surface area contributed by atoms with Crippen LogP contribution in [-0.4, -0.2) is 84.0 Å². The van der Waals surface area contributed by atoms with Gasteiger partial charge in [-0.3, -0.25) is 14.4 Å². The molecule has 1 N–H and O–H groups in total. The third-order valence-corrected chi connectivity index (χ3v) is 5.85. The molecule has 25 heavy (non-hydrogen) atoms. The fourth-order valence-electron chi connectivity index (χ4n) is 4.38. The summed E-state index contributed by atoms with van der Waals surface area (Å²) in [5.74, 6) is 0.566. The number of morpholine rings is 1. The zero-order valence-corrected chi connectivity index (χ0v) is 15.1. The van der Waals surface area contributed by atoms with E-state index < -0.39 is 0 Å². The van der Waals surface area contributed by atoms with Gasteiger partial charge in [0.1, 0.15) is 5.69 Å². The number of ether oxygens (including phenoxy) is 1. The summed E-state index contributed by atoms with van der Waals surface area (Å²) in [6.07, 6.45) is 4.25. The summed E-state index contributed by atoms with van der Waals surface area (Å²) in [5.41, 5.74) is 0.584. The van der Waals surface area contributed by atoms with Crippen molar-refractivity contribution < 1.29 is 9.53 Å². The van der Waals surface area contributed by atoms with Crippen LogP contribution in [0.3, 0.4) is 0 Å². The molecule has 138 valence electrons. The van der Waals surface area contributed by atoms with Crippen LogP contribution in [-0.2, 0) is 4.74 Å². The van der Waals surface area contributed by atoms with Gasteiger partial charge in [0.15, 0.2) is 0 Å². The maximum absolute atomic E-state index is 12.9. The SMILES string of the molecule is CC1CN(C(=O)c2ccn(C3CCCNC3)n2)CC1N1CCOCC1. The fourth-order valence-corrected chi connectivity index (χ4v) is 4.38. The molecular formula is C18H29N5O2. The standard InChI is InChI=1S/C18H29N5O2/c1-14-12-22(13-17(14)21-7-9-25-10-8-21)18(24)16-4-6-23(20-16)15-3-2-5-19-11-15/h4,6,14-15,17,19H,2-3,5,7-13H2,1H3. The largest absolute Gasteiger partial charge is 0.379 e. The van der Waals surface area contributed by atoms with Gasteiger partial charge in [-0.2, -0.15) is 5.10 Å². The average Bonchev–Trinajstić information content (AvgIpc) is 3.30. The van der Waals surface area contributed by atoms with Crippen molar-refractivity contribution in [1.82, 2.24) is 24.9 Å². The Bertz CT molecular complexity index is 592. The molecule has 3 unspecified atom stereocenters. The maximum atomic E-state index is 12.9. The van der Waals surface area contributed by atoms with E-state index in [-0.39, 0.29) is 5.91 Å². The van der Waals surface area contributed by atoms with Crippen molar-refractivity contribution in [2.75, 3.05) is 52.5 Å². The number of hydrogen-bond acceptors (Lipinski definition) is 5. The van der Waals surface area contributed by atoms with Crippen LogP contribution in [0.4, 0.5) is 0 Å². The molecule has 4 rings (SSSR count). The molecule has 3 aliphatic rings. The average molecular weight is 347 g/mol. The van der Waals surface area contributed by atoms with E-state index in [1.54, 1.807) is 0 Å². The van der Waals surface area contributed by atoms with Crippen molar-refractivity contribution in [3.63, 3.8) is 0 Å². The molecule has 0 aliphatic carbocycles. The van der Waals surface area contributed by atoms with E-state index in [1.807, 2.05) is 21.8 Å². The van der Waals surface area contributed by atoms with E-state index in [0.717, 1.165) is 58.9 Å². The first-order chi connectivity index (χ1) is 12.2. The molecule has 4 heterocycles. The van der Waals surface area contributed by atoms with Crippen LogP contribution < -0.4 is 5.32 Å². The van der Waals surface area contributed by atoms with Crippen LogP contribution >= 0.6 is 0 Å². The highest BCUT2D eigenvalue weighted by atomic mass is 16.5. The minimum absolute atomic E-state index is 0.0742. The Labute approximate surface area is 149 Å². The summed E-state index contributed by atoms with van der Waals surface area (Å²) in [7, 11) is 0. The lowest BCUT2D eigenvalue weighted by molar-refractivity contribution is 0.0119. The molecule has 7 heteroatoms.